The summed E-state index contributed by atoms with van der Waals surface area (Å²) in [4.78, 5) is 31.1. The Balaban J connectivity index is 1.63. The number of rotatable bonds is 7. The molecule has 0 aromatic heterocycles. The fourth-order valence-corrected chi connectivity index (χ4v) is 4.13. The number of alkyl carbamates (subject to hydrolysis) is 1. The lowest BCUT2D eigenvalue weighted by molar-refractivity contribution is 0.0522. The number of nitrogens with two attached hydrogens (primary N) is 1. The van der Waals surface area contributed by atoms with Crippen molar-refractivity contribution in [1.29, 1.82) is 5.26 Å². The first-order valence-electron chi connectivity index (χ1n) is 12.9. The lowest BCUT2D eigenvalue weighted by atomic mass is 9.99. The van der Waals surface area contributed by atoms with Crippen LogP contribution in [-0.2, 0) is 17.6 Å². The number of aliphatic imine (C=N–C) groups is 1. The smallest absolute Gasteiger partial charge is 0.407 e. The molecule has 0 unspecified atom stereocenters. The van der Waals surface area contributed by atoms with E-state index in [0.717, 1.165) is 38.0 Å². The van der Waals surface area contributed by atoms with Gasteiger partial charge >= 0.3 is 6.09 Å². The molecule has 1 aliphatic heterocycles. The number of nitrogens with one attached hydrogen (secondary N) is 1. The molecular weight excluding hydrogens is 482 g/mol. The summed E-state index contributed by atoms with van der Waals surface area (Å²) in [6, 6.07) is 12.6. The van der Waals surface area contributed by atoms with Gasteiger partial charge in [0.25, 0.3) is 5.91 Å². The highest BCUT2D eigenvalue weighted by atomic mass is 16.6. The third-order valence-corrected chi connectivity index (χ3v) is 5.92. The summed E-state index contributed by atoms with van der Waals surface area (Å²) in [7, 11) is 0. The SMILES string of the molecule is CC(C)Oc1ccc(C(=O)N=C(N)c2ccc3c(c2)CCN(CCNC(=O)OC(C)(C)C)CC3)cc1C#N. The molecule has 2 aromatic carbocycles. The summed E-state index contributed by atoms with van der Waals surface area (Å²) in [6.45, 7) is 12.2. The van der Waals surface area contributed by atoms with Crippen LogP contribution in [-0.4, -0.2) is 60.6 Å². The van der Waals surface area contributed by atoms with Crippen LogP contribution < -0.4 is 15.8 Å². The highest BCUT2D eigenvalue weighted by Gasteiger charge is 2.18. The van der Waals surface area contributed by atoms with Gasteiger partial charge in [-0.05, 0) is 82.9 Å². The summed E-state index contributed by atoms with van der Waals surface area (Å²) < 4.78 is 10.9. The number of carbonyl (C=O) groups excluding carboxylic acids is 2. The van der Waals surface area contributed by atoms with Gasteiger partial charge in [0.1, 0.15) is 23.3 Å². The molecule has 0 radical (unpaired) electrons. The Bertz CT molecular complexity index is 1240. The van der Waals surface area contributed by atoms with Crippen molar-refractivity contribution < 1.29 is 19.1 Å². The highest BCUT2D eigenvalue weighted by Crippen LogP contribution is 2.22. The first-order valence-corrected chi connectivity index (χ1v) is 12.9. The van der Waals surface area contributed by atoms with E-state index in [1.165, 1.54) is 11.6 Å². The molecule has 9 nitrogen and oxygen atoms in total. The minimum absolute atomic E-state index is 0.0912. The van der Waals surface area contributed by atoms with E-state index in [1.807, 2.05) is 52.8 Å². The maximum Gasteiger partial charge on any atom is 0.407 e. The fourth-order valence-electron chi connectivity index (χ4n) is 4.13. The van der Waals surface area contributed by atoms with Crippen LogP contribution >= 0.6 is 0 Å². The Kier molecular flexibility index (Phi) is 9.48. The molecule has 0 bridgehead atoms. The zero-order valence-corrected chi connectivity index (χ0v) is 22.8. The Morgan fingerprint density at radius 2 is 1.79 bits per heavy atom. The number of fused-ring (bicyclic) bond motifs is 1. The number of nitrogens with zero attached hydrogens (tertiary/aromatic N) is 3. The van der Waals surface area contributed by atoms with Crippen molar-refractivity contribution in [2.75, 3.05) is 26.2 Å². The Morgan fingerprint density at radius 3 is 2.45 bits per heavy atom. The van der Waals surface area contributed by atoms with Crippen molar-refractivity contribution in [2.45, 2.75) is 59.2 Å². The third kappa shape index (κ3) is 8.32. The minimum atomic E-state index is -0.520. The summed E-state index contributed by atoms with van der Waals surface area (Å²) in [6.07, 6.45) is 1.19. The maximum atomic E-state index is 12.8. The van der Waals surface area contributed by atoms with Gasteiger partial charge in [-0.1, -0.05) is 12.1 Å². The Hall–Kier alpha value is -3.90. The van der Waals surface area contributed by atoms with Gasteiger partial charge in [0.05, 0.1) is 11.7 Å². The normalized spacial score (nSPS) is 14.3. The van der Waals surface area contributed by atoms with Crippen molar-refractivity contribution >= 4 is 17.8 Å². The van der Waals surface area contributed by atoms with Gasteiger partial charge in [-0.3, -0.25) is 4.79 Å². The minimum Gasteiger partial charge on any atom is -0.490 e. The van der Waals surface area contributed by atoms with Crippen LogP contribution in [0.4, 0.5) is 4.79 Å². The first kappa shape index (κ1) is 28.7. The average molecular weight is 520 g/mol. The molecule has 38 heavy (non-hydrogen) atoms. The molecule has 2 aromatic rings. The number of hydrogen-bond donors (Lipinski definition) is 2. The molecule has 0 atom stereocenters. The van der Waals surface area contributed by atoms with Crippen LogP contribution in [0.1, 0.15) is 67.2 Å². The standard InChI is InChI=1S/C29H37N5O4/c1-19(2)37-25-9-8-23(17-24(25)18-30)27(35)33-26(31)22-7-6-20-10-13-34(14-11-21(20)16-22)15-12-32-28(36)38-29(3,4)5/h6-9,16-17,19H,10-15H2,1-5H3,(H,32,36)(H2,31,33,35). The summed E-state index contributed by atoms with van der Waals surface area (Å²) in [5.41, 5.74) is 9.31. The van der Waals surface area contributed by atoms with Gasteiger partial charge in [0.15, 0.2) is 0 Å². The van der Waals surface area contributed by atoms with E-state index >= 15 is 0 Å². The highest BCUT2D eigenvalue weighted by molar-refractivity contribution is 6.09. The molecule has 0 spiro atoms. The Labute approximate surface area is 224 Å². The number of ether oxygens (including phenoxy) is 2. The van der Waals surface area contributed by atoms with Crippen molar-refractivity contribution in [3.05, 3.63) is 64.2 Å². The largest absolute Gasteiger partial charge is 0.490 e. The number of benzene rings is 2. The number of amides is 2. The molecule has 3 rings (SSSR count). The Morgan fingerprint density at radius 1 is 1.11 bits per heavy atom. The van der Waals surface area contributed by atoms with Gasteiger partial charge in [-0.15, -0.1) is 0 Å². The average Bonchev–Trinajstić information content (AvgIpc) is 3.04. The van der Waals surface area contributed by atoms with Crippen molar-refractivity contribution in [1.82, 2.24) is 10.2 Å². The van der Waals surface area contributed by atoms with Crippen LogP contribution in [0.2, 0.25) is 0 Å². The van der Waals surface area contributed by atoms with E-state index in [1.54, 1.807) is 12.1 Å². The van der Waals surface area contributed by atoms with Crippen LogP contribution in [0, 0.1) is 11.3 Å². The summed E-state index contributed by atoms with van der Waals surface area (Å²) >= 11 is 0. The summed E-state index contributed by atoms with van der Waals surface area (Å²) in [5.74, 6) is 0.0339. The molecule has 3 N–H and O–H groups in total. The fraction of sp³-hybridized carbons (Fsp3) is 0.448. The molecule has 2 amide bonds. The van der Waals surface area contributed by atoms with Crippen LogP contribution in [0.5, 0.6) is 5.75 Å². The zero-order valence-electron chi connectivity index (χ0n) is 22.8. The second kappa shape index (κ2) is 12.6. The molecule has 1 heterocycles. The third-order valence-electron chi connectivity index (χ3n) is 5.92. The lowest BCUT2D eigenvalue weighted by Gasteiger charge is -2.22. The topological polar surface area (TPSA) is 130 Å². The molecule has 0 aliphatic carbocycles. The van der Waals surface area contributed by atoms with Gasteiger partial charge in [0, 0.05) is 37.3 Å². The molecular formula is C29H37N5O4. The van der Waals surface area contributed by atoms with E-state index in [2.05, 4.69) is 21.3 Å². The second-order valence-electron chi connectivity index (χ2n) is 10.5. The van der Waals surface area contributed by atoms with Crippen molar-refractivity contribution in [3.63, 3.8) is 0 Å². The van der Waals surface area contributed by atoms with Gasteiger partial charge < -0.3 is 25.4 Å². The van der Waals surface area contributed by atoms with Crippen molar-refractivity contribution in [2.24, 2.45) is 10.7 Å². The van der Waals surface area contributed by atoms with Gasteiger partial charge in [-0.2, -0.15) is 10.3 Å². The second-order valence-corrected chi connectivity index (χ2v) is 10.5. The van der Waals surface area contributed by atoms with Crippen LogP contribution in [0.25, 0.3) is 0 Å². The summed E-state index contributed by atoms with van der Waals surface area (Å²) in [5, 5.41) is 12.2. The maximum absolute atomic E-state index is 12.8. The zero-order chi connectivity index (χ0) is 27.9. The molecule has 0 saturated carbocycles. The van der Waals surface area contributed by atoms with E-state index in [9.17, 15) is 14.9 Å². The number of amidine groups is 1. The van der Waals surface area contributed by atoms with E-state index in [4.69, 9.17) is 15.2 Å². The monoisotopic (exact) mass is 519 g/mol. The van der Waals surface area contributed by atoms with E-state index < -0.39 is 17.6 Å². The molecule has 9 heteroatoms. The quantitative estimate of drug-likeness (QED) is 0.420. The predicted molar refractivity (Wildman–Crippen MR) is 147 cm³/mol. The molecule has 0 fully saturated rings. The number of nitriles is 1. The molecule has 1 aliphatic rings. The number of hydrogen-bond acceptors (Lipinski definition) is 6. The first-order chi connectivity index (χ1) is 17.9. The van der Waals surface area contributed by atoms with Crippen LogP contribution in [0.15, 0.2) is 41.4 Å². The predicted octanol–water partition coefficient (Wildman–Crippen LogP) is 3.82. The lowest BCUT2D eigenvalue weighted by Crippen LogP contribution is -2.38. The molecule has 202 valence electrons. The van der Waals surface area contributed by atoms with Crippen LogP contribution in [0.3, 0.4) is 0 Å². The van der Waals surface area contributed by atoms with Gasteiger partial charge in [0.2, 0.25) is 0 Å². The number of carbonyl (C=O) groups is 2. The molecule has 0 saturated heterocycles. The van der Waals surface area contributed by atoms with E-state index in [0.29, 0.717) is 17.9 Å². The van der Waals surface area contributed by atoms with E-state index in [-0.39, 0.29) is 23.1 Å². The van der Waals surface area contributed by atoms with Gasteiger partial charge in [-0.25, -0.2) is 4.79 Å². The van der Waals surface area contributed by atoms with Crippen molar-refractivity contribution in [3.8, 4) is 11.8 Å².